The Morgan fingerprint density at radius 3 is 2.87 bits per heavy atom. The third-order valence-corrected chi connectivity index (χ3v) is 4.28. The molecule has 2 heterocycles. The molecule has 0 aliphatic carbocycles. The lowest BCUT2D eigenvalue weighted by Crippen LogP contribution is -2.52. The summed E-state index contributed by atoms with van der Waals surface area (Å²) in [5.74, 6) is -0.856. The van der Waals surface area contributed by atoms with Crippen molar-refractivity contribution in [2.45, 2.75) is 32.0 Å². The molecule has 2 aliphatic rings. The number of nitrogens with zero attached hydrogens (tertiary/aromatic N) is 1. The van der Waals surface area contributed by atoms with Crippen LogP contribution in [0.2, 0.25) is 0 Å². The monoisotopic (exact) mass is 317 g/mol. The lowest BCUT2D eigenvalue weighted by Gasteiger charge is -2.29. The summed E-state index contributed by atoms with van der Waals surface area (Å²) in [4.78, 5) is 37.4. The zero-order valence-corrected chi connectivity index (χ0v) is 12.7. The van der Waals surface area contributed by atoms with Gasteiger partial charge < -0.3 is 15.3 Å². The number of fused-ring (bicyclic) bond motifs is 1. The van der Waals surface area contributed by atoms with E-state index in [-0.39, 0.29) is 24.8 Å². The van der Waals surface area contributed by atoms with Crippen LogP contribution < -0.4 is 10.6 Å². The van der Waals surface area contributed by atoms with Gasteiger partial charge >= 0.3 is 0 Å². The maximum atomic E-state index is 12.6. The highest BCUT2D eigenvalue weighted by atomic mass is 16.3. The molecule has 3 N–H and O–H groups in total. The number of hydrogen-bond acceptors (Lipinski definition) is 5. The Morgan fingerprint density at radius 2 is 2.13 bits per heavy atom. The van der Waals surface area contributed by atoms with Crippen LogP contribution in [-0.2, 0) is 22.7 Å². The molecule has 122 valence electrons. The lowest BCUT2D eigenvalue weighted by molar-refractivity contribution is -0.136. The maximum Gasteiger partial charge on any atom is 0.255 e. The van der Waals surface area contributed by atoms with E-state index >= 15 is 0 Å². The van der Waals surface area contributed by atoms with Gasteiger partial charge in [-0.05, 0) is 23.6 Å². The molecule has 3 amide bonds. The molecule has 1 aromatic carbocycles. The third kappa shape index (κ3) is 2.97. The topological polar surface area (TPSA) is 98.7 Å². The van der Waals surface area contributed by atoms with E-state index in [1.165, 1.54) is 0 Å². The number of piperidine rings is 1. The fourth-order valence-electron chi connectivity index (χ4n) is 3.12. The van der Waals surface area contributed by atoms with Crippen LogP contribution in [0.15, 0.2) is 18.2 Å². The van der Waals surface area contributed by atoms with E-state index in [1.54, 1.807) is 11.0 Å². The summed E-state index contributed by atoms with van der Waals surface area (Å²) in [7, 11) is 0. The number of carbonyl (C=O) groups is 3. The van der Waals surface area contributed by atoms with Crippen LogP contribution in [0, 0.1) is 0 Å². The Morgan fingerprint density at radius 1 is 1.30 bits per heavy atom. The molecule has 0 saturated carbocycles. The van der Waals surface area contributed by atoms with Gasteiger partial charge in [0.2, 0.25) is 11.8 Å². The van der Waals surface area contributed by atoms with Crippen molar-refractivity contribution in [2.75, 3.05) is 13.2 Å². The Balaban J connectivity index is 1.80. The summed E-state index contributed by atoms with van der Waals surface area (Å²) in [6.45, 7) is 1.46. The predicted molar refractivity (Wildman–Crippen MR) is 81.3 cm³/mol. The lowest BCUT2D eigenvalue weighted by atomic mass is 10.0. The maximum absolute atomic E-state index is 12.6. The van der Waals surface area contributed by atoms with Gasteiger partial charge in [0, 0.05) is 31.6 Å². The second-order valence-electron chi connectivity index (χ2n) is 5.74. The SMILES string of the molecule is O=C1CCC(N2Cc3c(CNCCO)cccc3C2=O)C(=O)N1. The molecular formula is C16H19N3O4. The molecule has 1 fully saturated rings. The summed E-state index contributed by atoms with van der Waals surface area (Å²) in [5.41, 5.74) is 2.50. The zero-order chi connectivity index (χ0) is 16.4. The standard InChI is InChI=1S/C16H19N3O4/c20-7-6-17-8-10-2-1-3-11-12(10)9-19(16(11)23)13-4-5-14(21)18-15(13)22/h1-3,13,17,20H,4-9H2,(H,18,21,22). The molecule has 1 aromatic rings. The van der Waals surface area contributed by atoms with Gasteiger partial charge in [-0.3, -0.25) is 19.7 Å². The second-order valence-corrected chi connectivity index (χ2v) is 5.74. The van der Waals surface area contributed by atoms with Crippen LogP contribution in [0.1, 0.15) is 34.3 Å². The minimum Gasteiger partial charge on any atom is -0.395 e. The van der Waals surface area contributed by atoms with Crippen LogP contribution in [-0.4, -0.2) is 46.9 Å². The minimum absolute atomic E-state index is 0.0519. The minimum atomic E-state index is -0.592. The van der Waals surface area contributed by atoms with Crippen molar-refractivity contribution in [3.8, 4) is 0 Å². The predicted octanol–water partition coefficient (Wildman–Crippen LogP) is -0.470. The van der Waals surface area contributed by atoms with E-state index in [0.29, 0.717) is 31.6 Å². The highest BCUT2D eigenvalue weighted by molar-refractivity contribution is 6.05. The Kier molecular flexibility index (Phi) is 4.40. The second kappa shape index (κ2) is 6.47. The molecule has 1 saturated heterocycles. The van der Waals surface area contributed by atoms with Crippen LogP contribution >= 0.6 is 0 Å². The van der Waals surface area contributed by atoms with Crippen LogP contribution in [0.4, 0.5) is 0 Å². The number of hydrogen-bond donors (Lipinski definition) is 3. The normalized spacial score (nSPS) is 20.7. The molecule has 3 rings (SSSR count). The van der Waals surface area contributed by atoms with Crippen molar-refractivity contribution in [3.63, 3.8) is 0 Å². The summed E-state index contributed by atoms with van der Waals surface area (Å²) in [6.07, 6.45) is 0.615. The van der Waals surface area contributed by atoms with Crippen molar-refractivity contribution in [2.24, 2.45) is 0 Å². The van der Waals surface area contributed by atoms with E-state index < -0.39 is 11.9 Å². The first-order valence-electron chi connectivity index (χ1n) is 7.69. The van der Waals surface area contributed by atoms with E-state index in [1.807, 2.05) is 12.1 Å². The van der Waals surface area contributed by atoms with Gasteiger partial charge in [-0.15, -0.1) is 0 Å². The number of benzene rings is 1. The largest absolute Gasteiger partial charge is 0.395 e. The zero-order valence-electron chi connectivity index (χ0n) is 12.7. The van der Waals surface area contributed by atoms with Crippen molar-refractivity contribution in [1.29, 1.82) is 0 Å². The molecule has 0 radical (unpaired) electrons. The quantitative estimate of drug-likeness (QED) is 0.504. The number of nitrogens with one attached hydrogen (secondary N) is 2. The number of aliphatic hydroxyl groups is 1. The molecule has 2 aliphatic heterocycles. The van der Waals surface area contributed by atoms with Gasteiger partial charge in [0.15, 0.2) is 0 Å². The number of aliphatic hydroxyl groups excluding tert-OH is 1. The molecule has 0 spiro atoms. The number of imide groups is 1. The molecule has 0 aromatic heterocycles. The van der Waals surface area contributed by atoms with Crippen LogP contribution in [0.3, 0.4) is 0 Å². The first-order valence-corrected chi connectivity index (χ1v) is 7.69. The fraction of sp³-hybridized carbons (Fsp3) is 0.438. The number of amides is 3. The highest BCUT2D eigenvalue weighted by Crippen LogP contribution is 2.29. The smallest absolute Gasteiger partial charge is 0.255 e. The van der Waals surface area contributed by atoms with E-state index in [9.17, 15) is 14.4 Å². The summed E-state index contributed by atoms with van der Waals surface area (Å²) >= 11 is 0. The summed E-state index contributed by atoms with van der Waals surface area (Å²) in [6, 6.07) is 4.93. The van der Waals surface area contributed by atoms with Gasteiger partial charge in [-0.2, -0.15) is 0 Å². The average molecular weight is 317 g/mol. The Labute approximate surface area is 133 Å². The van der Waals surface area contributed by atoms with Crippen LogP contribution in [0.25, 0.3) is 0 Å². The highest BCUT2D eigenvalue weighted by Gasteiger charge is 2.39. The molecule has 7 heteroatoms. The van der Waals surface area contributed by atoms with Crippen LogP contribution in [0.5, 0.6) is 0 Å². The van der Waals surface area contributed by atoms with Crippen molar-refractivity contribution in [3.05, 3.63) is 34.9 Å². The van der Waals surface area contributed by atoms with Gasteiger partial charge in [0.1, 0.15) is 6.04 Å². The Bertz CT molecular complexity index is 659. The molecule has 1 atom stereocenters. The van der Waals surface area contributed by atoms with Gasteiger partial charge in [-0.1, -0.05) is 12.1 Å². The van der Waals surface area contributed by atoms with Gasteiger partial charge in [-0.25, -0.2) is 0 Å². The van der Waals surface area contributed by atoms with E-state index in [0.717, 1.165) is 11.1 Å². The fourth-order valence-corrected chi connectivity index (χ4v) is 3.12. The van der Waals surface area contributed by atoms with E-state index in [4.69, 9.17) is 5.11 Å². The number of rotatable bonds is 5. The molecule has 0 bridgehead atoms. The van der Waals surface area contributed by atoms with Gasteiger partial charge in [0.05, 0.1) is 6.61 Å². The third-order valence-electron chi connectivity index (χ3n) is 4.28. The number of carbonyl (C=O) groups excluding carboxylic acids is 3. The molecule has 23 heavy (non-hydrogen) atoms. The van der Waals surface area contributed by atoms with Crippen molar-refractivity contribution < 1.29 is 19.5 Å². The van der Waals surface area contributed by atoms with Gasteiger partial charge in [0.25, 0.3) is 5.91 Å². The summed E-state index contributed by atoms with van der Waals surface area (Å²) in [5, 5.41) is 14.2. The Hall–Kier alpha value is -2.25. The first kappa shape index (κ1) is 15.6. The molecule has 1 unspecified atom stereocenters. The average Bonchev–Trinajstić information content (AvgIpc) is 2.86. The van der Waals surface area contributed by atoms with Crippen molar-refractivity contribution in [1.82, 2.24) is 15.5 Å². The van der Waals surface area contributed by atoms with Crippen molar-refractivity contribution >= 4 is 17.7 Å². The summed E-state index contributed by atoms with van der Waals surface area (Å²) < 4.78 is 0. The molecule has 7 nitrogen and oxygen atoms in total. The van der Waals surface area contributed by atoms with E-state index in [2.05, 4.69) is 10.6 Å². The molecular weight excluding hydrogens is 298 g/mol. The first-order chi connectivity index (χ1) is 11.1.